The predicted octanol–water partition coefficient (Wildman–Crippen LogP) is 7.16. The fraction of sp³-hybridized carbons (Fsp3) is 0.639. The number of nitrogens with zero attached hydrogens (tertiary/aromatic N) is 1. The average Bonchev–Trinajstić information content (AvgIpc) is 3.76. The lowest BCUT2D eigenvalue weighted by Crippen LogP contribution is -2.36. The van der Waals surface area contributed by atoms with E-state index in [2.05, 4.69) is 18.3 Å². The van der Waals surface area contributed by atoms with E-state index in [1.54, 1.807) is 18.4 Å². The first-order chi connectivity index (χ1) is 22.7. The molecule has 6 rings (SSSR count). The fourth-order valence-electron chi connectivity index (χ4n) is 8.31. The summed E-state index contributed by atoms with van der Waals surface area (Å²) in [6, 6.07) is 7.57. The summed E-state index contributed by atoms with van der Waals surface area (Å²) in [6.45, 7) is 4.29. The van der Waals surface area contributed by atoms with E-state index in [0.717, 1.165) is 59.1 Å². The van der Waals surface area contributed by atoms with Crippen LogP contribution >= 0.6 is 22.9 Å². The van der Waals surface area contributed by atoms with Crippen molar-refractivity contribution in [2.45, 2.75) is 102 Å². The Hall–Kier alpha value is -2.34. The quantitative estimate of drug-likeness (QED) is 0.209. The van der Waals surface area contributed by atoms with Crippen molar-refractivity contribution in [2.24, 2.45) is 23.7 Å². The molecule has 1 aromatic carbocycles. The SMILES string of the molecule is CC[C@H]1CCCC[C@@H](C)C(=O)C2=CC3C(c4nc(Nc5ccccc5Cl)sc4C4C[C@@H](OC(O)[C@H](COC)OC)C[C@H]43)[C@@H]2CC(=O)O1. The Balaban J connectivity index is 1.38. The fourth-order valence-corrected chi connectivity index (χ4v) is 9.72. The summed E-state index contributed by atoms with van der Waals surface area (Å²) in [7, 11) is 3.10. The van der Waals surface area contributed by atoms with Crippen molar-refractivity contribution < 1.29 is 33.6 Å². The Morgan fingerprint density at radius 1 is 1.15 bits per heavy atom. The first-order valence-corrected chi connectivity index (χ1v) is 18.2. The molecule has 256 valence electrons. The van der Waals surface area contributed by atoms with Crippen LogP contribution in [0.1, 0.15) is 87.6 Å². The van der Waals surface area contributed by atoms with Crippen LogP contribution in [0.5, 0.6) is 0 Å². The molecule has 1 aliphatic heterocycles. The zero-order valence-corrected chi connectivity index (χ0v) is 29.2. The van der Waals surface area contributed by atoms with Crippen molar-refractivity contribution in [3.8, 4) is 0 Å². The zero-order chi connectivity index (χ0) is 33.2. The molecule has 0 amide bonds. The minimum atomic E-state index is -1.14. The number of aliphatic hydroxyl groups excluding tert-OH is 1. The first-order valence-electron chi connectivity index (χ1n) is 17.0. The summed E-state index contributed by atoms with van der Waals surface area (Å²) in [5.74, 6) is -0.424. The summed E-state index contributed by atoms with van der Waals surface area (Å²) < 4.78 is 22.9. The second-order valence-electron chi connectivity index (χ2n) is 13.6. The molecule has 2 heterocycles. The van der Waals surface area contributed by atoms with Gasteiger partial charge in [-0.2, -0.15) is 0 Å². The Kier molecular flexibility index (Phi) is 11.1. The topological polar surface area (TPSA) is 116 Å². The number of ether oxygens (including phenoxy) is 4. The molecule has 2 fully saturated rings. The van der Waals surface area contributed by atoms with Gasteiger partial charge in [0.1, 0.15) is 12.2 Å². The molecule has 11 heteroatoms. The first kappa shape index (κ1) is 34.5. The summed E-state index contributed by atoms with van der Waals surface area (Å²) in [5, 5.41) is 15.7. The molecular formula is C36H47ClN2O7S. The molecular weight excluding hydrogens is 640 g/mol. The number of anilines is 2. The van der Waals surface area contributed by atoms with Gasteiger partial charge in [-0.3, -0.25) is 9.59 Å². The number of carbonyl (C=O) groups is 2. The van der Waals surface area contributed by atoms with Gasteiger partial charge in [-0.15, -0.1) is 11.3 Å². The third-order valence-corrected chi connectivity index (χ3v) is 12.1. The summed E-state index contributed by atoms with van der Waals surface area (Å²) >= 11 is 8.12. The lowest BCUT2D eigenvalue weighted by molar-refractivity contribution is -0.204. The highest BCUT2D eigenvalue weighted by Gasteiger charge is 2.56. The molecule has 2 aromatic rings. The minimum absolute atomic E-state index is 0.00162. The number of hydrogen-bond acceptors (Lipinski definition) is 10. The number of benzene rings is 1. The Bertz CT molecular complexity index is 1460. The number of aromatic nitrogens is 1. The maximum atomic E-state index is 14.1. The highest BCUT2D eigenvalue weighted by Crippen LogP contribution is 2.62. The van der Waals surface area contributed by atoms with Crippen LogP contribution in [0.15, 0.2) is 35.9 Å². The molecule has 1 saturated carbocycles. The van der Waals surface area contributed by atoms with Gasteiger partial charge in [0.05, 0.1) is 35.5 Å². The van der Waals surface area contributed by atoms with Crippen LogP contribution in [0.25, 0.3) is 0 Å². The molecule has 1 aromatic heterocycles. The number of cyclic esters (lactones) is 1. The Morgan fingerprint density at radius 3 is 2.68 bits per heavy atom. The number of nitrogens with one attached hydrogen (secondary N) is 1. The van der Waals surface area contributed by atoms with E-state index in [4.69, 9.17) is 35.5 Å². The van der Waals surface area contributed by atoms with Crippen molar-refractivity contribution >= 4 is 45.5 Å². The Labute approximate surface area is 286 Å². The van der Waals surface area contributed by atoms with Gasteiger partial charge in [0.15, 0.2) is 17.2 Å². The van der Waals surface area contributed by atoms with Gasteiger partial charge in [0.25, 0.3) is 0 Å². The summed E-state index contributed by atoms with van der Waals surface area (Å²) in [6.07, 6.45) is 5.93. The number of methoxy groups -OCH3 is 2. The van der Waals surface area contributed by atoms with Crippen LogP contribution in [0.2, 0.25) is 5.02 Å². The minimum Gasteiger partial charge on any atom is -0.462 e. The van der Waals surface area contributed by atoms with Crippen LogP contribution in [0.4, 0.5) is 10.8 Å². The molecule has 3 aliphatic carbocycles. The van der Waals surface area contributed by atoms with Gasteiger partial charge in [-0.25, -0.2) is 4.98 Å². The molecule has 1 saturated heterocycles. The van der Waals surface area contributed by atoms with E-state index in [1.165, 1.54) is 7.11 Å². The third-order valence-electron chi connectivity index (χ3n) is 10.7. The predicted molar refractivity (Wildman–Crippen MR) is 181 cm³/mol. The van der Waals surface area contributed by atoms with E-state index < -0.39 is 12.4 Å². The second kappa shape index (κ2) is 15.0. The van der Waals surface area contributed by atoms with Gasteiger partial charge < -0.3 is 29.4 Å². The number of carbonyl (C=O) groups excluding carboxylic acids is 2. The van der Waals surface area contributed by atoms with Gasteiger partial charge in [0, 0.05) is 42.8 Å². The average molecular weight is 687 g/mol. The lowest BCUT2D eigenvalue weighted by atomic mass is 9.67. The number of hydrogen-bond donors (Lipinski definition) is 2. The smallest absolute Gasteiger partial charge is 0.306 e. The van der Waals surface area contributed by atoms with Crippen LogP contribution in [0.3, 0.4) is 0 Å². The van der Waals surface area contributed by atoms with Crippen molar-refractivity contribution in [2.75, 3.05) is 26.1 Å². The molecule has 9 nitrogen and oxygen atoms in total. The molecule has 0 radical (unpaired) electrons. The number of ketones is 1. The largest absolute Gasteiger partial charge is 0.462 e. The Morgan fingerprint density at radius 2 is 1.94 bits per heavy atom. The monoisotopic (exact) mass is 686 g/mol. The standard InChI is InChI=1S/C36H47ClN2O7S/c1-5-20-11-7-6-10-19(2)33(41)25-16-23-22-14-21(46-35(42)29(44-4)18-43-3)15-26(22)34-32(31(23)24(25)17-30(40)45-20)39-36(47-34)38-28-13-9-8-12-27(28)37/h8-9,12-13,16,19-24,26,29,31,35,42H,5-7,10-11,14-15,17-18H2,1-4H3,(H,38,39)/t19-,20+,21+,22+,23?,24-,26?,29+,31?,35?/m1/s1. The number of halogens is 1. The van der Waals surface area contributed by atoms with Gasteiger partial charge >= 0.3 is 5.97 Å². The highest BCUT2D eigenvalue weighted by atomic mass is 35.5. The molecule has 2 N–H and O–H groups in total. The van der Waals surface area contributed by atoms with E-state index in [1.807, 2.05) is 31.2 Å². The van der Waals surface area contributed by atoms with E-state index >= 15 is 0 Å². The summed E-state index contributed by atoms with van der Waals surface area (Å²) in [4.78, 5) is 34.0. The van der Waals surface area contributed by atoms with Crippen LogP contribution in [0, 0.1) is 23.7 Å². The third kappa shape index (κ3) is 7.19. The van der Waals surface area contributed by atoms with Crippen LogP contribution in [-0.4, -0.2) is 67.3 Å². The normalized spacial score (nSPS) is 32.1. The van der Waals surface area contributed by atoms with Gasteiger partial charge in [0.2, 0.25) is 0 Å². The van der Waals surface area contributed by atoms with E-state index in [0.29, 0.717) is 17.9 Å². The van der Waals surface area contributed by atoms with Crippen molar-refractivity contribution in [1.82, 2.24) is 4.98 Å². The second-order valence-corrected chi connectivity index (χ2v) is 15.0. The molecule has 0 bridgehead atoms. The number of fused-ring (bicyclic) bond motifs is 8. The van der Waals surface area contributed by atoms with Crippen LogP contribution < -0.4 is 5.32 Å². The molecule has 4 aliphatic rings. The molecule has 0 spiro atoms. The van der Waals surface area contributed by atoms with Gasteiger partial charge in [-0.1, -0.05) is 50.1 Å². The number of esters is 1. The maximum absolute atomic E-state index is 14.1. The summed E-state index contributed by atoms with van der Waals surface area (Å²) in [5.41, 5.74) is 2.46. The molecule has 47 heavy (non-hydrogen) atoms. The van der Waals surface area contributed by atoms with Crippen LogP contribution in [-0.2, 0) is 28.5 Å². The zero-order valence-electron chi connectivity index (χ0n) is 27.7. The lowest BCUT2D eigenvalue weighted by Gasteiger charge is -2.37. The number of para-hydroxylation sites is 1. The van der Waals surface area contributed by atoms with Crippen molar-refractivity contribution in [1.29, 1.82) is 0 Å². The van der Waals surface area contributed by atoms with E-state index in [-0.39, 0.29) is 72.5 Å². The number of aliphatic hydroxyl groups is 1. The highest BCUT2D eigenvalue weighted by molar-refractivity contribution is 7.15. The maximum Gasteiger partial charge on any atom is 0.306 e. The number of allylic oxidation sites excluding steroid dienone is 2. The van der Waals surface area contributed by atoms with Crippen molar-refractivity contribution in [3.05, 3.63) is 51.5 Å². The number of Topliss-reactive ketones (excluding diaryl/α,β-unsaturated/α-hetero) is 1. The molecule has 10 atom stereocenters. The van der Waals surface area contributed by atoms with E-state index in [9.17, 15) is 14.7 Å². The van der Waals surface area contributed by atoms with Gasteiger partial charge in [-0.05, 0) is 68.1 Å². The number of rotatable bonds is 9. The molecule has 4 unspecified atom stereocenters. The van der Waals surface area contributed by atoms with Crippen molar-refractivity contribution in [3.63, 3.8) is 0 Å². The number of thiazole rings is 1.